The van der Waals surface area contributed by atoms with Crippen molar-refractivity contribution in [3.05, 3.63) is 0 Å². The summed E-state index contributed by atoms with van der Waals surface area (Å²) in [5.74, 6) is 12.3. The molecule has 0 aromatic rings. The van der Waals surface area contributed by atoms with E-state index in [9.17, 15) is 5.26 Å². The Kier molecular flexibility index (Phi) is 8.03. The van der Waals surface area contributed by atoms with Crippen molar-refractivity contribution in [2.45, 2.75) is 6.92 Å². The Morgan fingerprint density at radius 3 is 2.55 bits per heavy atom. The molecule has 0 aliphatic rings. The van der Waals surface area contributed by atoms with Gasteiger partial charge >= 0.3 is 0 Å². The molecule has 3 nitrogen and oxygen atoms in total. The van der Waals surface area contributed by atoms with E-state index in [4.69, 9.17) is 0 Å². The Morgan fingerprint density at radius 2 is 1.91 bits per heavy atom. The van der Waals surface area contributed by atoms with Crippen LogP contribution in [0.3, 0.4) is 0 Å². The van der Waals surface area contributed by atoms with Crippen LogP contribution < -0.4 is 5.26 Å². The van der Waals surface area contributed by atoms with Gasteiger partial charge in [-0.25, -0.2) is 0 Å². The van der Waals surface area contributed by atoms with E-state index in [1.54, 1.807) is 6.92 Å². The molecule has 0 aliphatic heterocycles. The van der Waals surface area contributed by atoms with Crippen LogP contribution in [0.5, 0.6) is 0 Å². The predicted molar refractivity (Wildman–Crippen MR) is 38.8 cm³/mol. The van der Waals surface area contributed by atoms with Crippen LogP contribution in [-0.4, -0.2) is 0 Å². The van der Waals surface area contributed by atoms with Gasteiger partial charge in [-0.2, -0.15) is 4.33 Å². The van der Waals surface area contributed by atoms with E-state index in [2.05, 4.69) is 44.2 Å². The zero-order chi connectivity index (χ0) is 8.36. The van der Waals surface area contributed by atoms with Gasteiger partial charge in [0.2, 0.25) is 0 Å². The fourth-order valence-electron chi connectivity index (χ4n) is 0.202. The molecular weight excluding hydrogens is 164 g/mol. The standard InChI is InChI=1S/C7H4O3S/c1-2-3-4-5-6-7-11-10-9-8/h8H,1H3/p-1. The normalized spacial score (nSPS) is 6.00. The first-order chi connectivity index (χ1) is 5.41. The third-order valence-electron chi connectivity index (χ3n) is 0.467. The maximum Gasteiger partial charge on any atom is 0.121 e. The van der Waals surface area contributed by atoms with E-state index in [-0.39, 0.29) is 0 Å². The van der Waals surface area contributed by atoms with E-state index < -0.39 is 0 Å². The lowest BCUT2D eigenvalue weighted by molar-refractivity contribution is -0.776. The van der Waals surface area contributed by atoms with Crippen LogP contribution in [0, 0.1) is 34.9 Å². The second-order valence-electron chi connectivity index (χ2n) is 1.07. The molecule has 0 unspecified atom stereocenters. The van der Waals surface area contributed by atoms with Crippen molar-refractivity contribution in [3.63, 3.8) is 0 Å². The van der Waals surface area contributed by atoms with Crippen molar-refractivity contribution in [1.29, 1.82) is 0 Å². The second kappa shape index (κ2) is 8.91. The van der Waals surface area contributed by atoms with E-state index in [0.717, 1.165) is 0 Å². The Bertz CT molecular complexity index is 265. The van der Waals surface area contributed by atoms with Crippen molar-refractivity contribution >= 4 is 12.0 Å². The van der Waals surface area contributed by atoms with Crippen LogP contribution in [0.4, 0.5) is 0 Å². The monoisotopic (exact) mass is 167 g/mol. The molecule has 0 heterocycles. The lowest BCUT2D eigenvalue weighted by atomic mass is 10.5. The maximum absolute atomic E-state index is 9.20. The number of rotatable bonds is 2. The second-order valence-corrected chi connectivity index (χ2v) is 1.58. The molecule has 11 heavy (non-hydrogen) atoms. The highest BCUT2D eigenvalue weighted by atomic mass is 32.2. The molecule has 0 aromatic heterocycles. The van der Waals surface area contributed by atoms with Gasteiger partial charge in [-0.3, -0.25) is 5.04 Å². The molecule has 0 radical (unpaired) electrons. The molecule has 0 saturated carbocycles. The van der Waals surface area contributed by atoms with Gasteiger partial charge in [-0.05, 0) is 24.7 Å². The fraction of sp³-hybridized carbons (Fsp3) is 0.143. The van der Waals surface area contributed by atoms with Crippen LogP contribution in [-0.2, 0) is 9.37 Å². The number of hydrogen-bond acceptors (Lipinski definition) is 4. The lowest BCUT2D eigenvalue weighted by Crippen LogP contribution is -2.00. The van der Waals surface area contributed by atoms with E-state index >= 15 is 0 Å². The summed E-state index contributed by atoms with van der Waals surface area (Å²) in [7, 11) is 0. The van der Waals surface area contributed by atoms with Gasteiger partial charge in [0.05, 0.1) is 0 Å². The van der Waals surface area contributed by atoms with E-state index in [0.29, 0.717) is 12.0 Å². The fourth-order valence-corrected chi connectivity index (χ4v) is 0.357. The SMILES string of the molecule is CC#CC#CC#CSOO[O-]. The summed E-state index contributed by atoms with van der Waals surface area (Å²) in [6.07, 6.45) is 0. The molecule has 0 bridgehead atoms. The van der Waals surface area contributed by atoms with Gasteiger partial charge in [0.25, 0.3) is 0 Å². The molecular formula is C7H3O3S-. The molecule has 0 aliphatic carbocycles. The van der Waals surface area contributed by atoms with Crippen molar-refractivity contribution in [2.24, 2.45) is 0 Å². The van der Waals surface area contributed by atoms with Gasteiger partial charge in [-0.1, -0.05) is 5.92 Å². The molecule has 0 rings (SSSR count). The van der Waals surface area contributed by atoms with Gasteiger partial charge in [0.1, 0.15) is 12.0 Å². The van der Waals surface area contributed by atoms with Gasteiger partial charge < -0.3 is 5.26 Å². The van der Waals surface area contributed by atoms with Crippen molar-refractivity contribution in [2.75, 3.05) is 0 Å². The van der Waals surface area contributed by atoms with Crippen molar-refractivity contribution in [1.82, 2.24) is 0 Å². The third-order valence-corrected chi connectivity index (χ3v) is 0.776. The first kappa shape index (κ1) is 9.91. The average Bonchev–Trinajstić information content (AvgIpc) is 2.03. The minimum Gasteiger partial charge on any atom is -0.691 e. The average molecular weight is 167 g/mol. The quantitative estimate of drug-likeness (QED) is 0.188. The van der Waals surface area contributed by atoms with Crippen LogP contribution in [0.1, 0.15) is 6.92 Å². The first-order valence-electron chi connectivity index (χ1n) is 2.45. The minimum atomic E-state index is 0.565. The van der Waals surface area contributed by atoms with Crippen molar-refractivity contribution < 1.29 is 14.6 Å². The van der Waals surface area contributed by atoms with Crippen LogP contribution in [0.2, 0.25) is 0 Å². The topological polar surface area (TPSA) is 41.5 Å². The minimum absolute atomic E-state index is 0.565. The summed E-state index contributed by atoms with van der Waals surface area (Å²) in [4.78, 5) is 0. The van der Waals surface area contributed by atoms with E-state index in [1.807, 2.05) is 0 Å². The molecule has 0 spiro atoms. The first-order valence-corrected chi connectivity index (χ1v) is 3.20. The summed E-state index contributed by atoms with van der Waals surface area (Å²) >= 11 is 0.565. The van der Waals surface area contributed by atoms with Crippen molar-refractivity contribution in [3.8, 4) is 34.9 Å². The van der Waals surface area contributed by atoms with Crippen LogP contribution in [0.15, 0.2) is 0 Å². The van der Waals surface area contributed by atoms with Gasteiger partial charge in [-0.15, -0.1) is 0 Å². The number of hydrogen-bond donors (Lipinski definition) is 0. The molecule has 0 N–H and O–H groups in total. The molecule has 4 heteroatoms. The van der Waals surface area contributed by atoms with Gasteiger partial charge in [0.15, 0.2) is 0 Å². The zero-order valence-corrected chi connectivity index (χ0v) is 6.45. The predicted octanol–water partition coefficient (Wildman–Crippen LogP) is -0.154. The Morgan fingerprint density at radius 1 is 1.18 bits per heavy atom. The molecule has 0 amide bonds. The van der Waals surface area contributed by atoms with Gasteiger partial charge in [0, 0.05) is 11.2 Å². The summed E-state index contributed by atoms with van der Waals surface area (Å²) in [5.41, 5.74) is 0. The van der Waals surface area contributed by atoms with Crippen LogP contribution in [0.25, 0.3) is 0 Å². The van der Waals surface area contributed by atoms with E-state index in [1.165, 1.54) is 0 Å². The third kappa shape index (κ3) is 8.91. The maximum atomic E-state index is 9.20. The van der Waals surface area contributed by atoms with Crippen LogP contribution >= 0.6 is 12.0 Å². The summed E-state index contributed by atoms with van der Waals surface area (Å²) in [6, 6.07) is 0. The summed E-state index contributed by atoms with van der Waals surface area (Å²) in [5, 5.41) is 14.5. The molecule has 56 valence electrons. The molecule has 0 saturated heterocycles. The molecule has 0 atom stereocenters. The Balaban J connectivity index is 3.54. The highest BCUT2D eigenvalue weighted by Crippen LogP contribution is 1.95. The Hall–Kier alpha value is -1.09. The molecule has 0 fully saturated rings. The smallest absolute Gasteiger partial charge is 0.121 e. The lowest BCUT2D eigenvalue weighted by Gasteiger charge is -1.96. The summed E-state index contributed by atoms with van der Waals surface area (Å²) in [6.45, 7) is 1.67. The zero-order valence-electron chi connectivity index (χ0n) is 5.63. The molecule has 0 aromatic carbocycles. The highest BCUT2D eigenvalue weighted by molar-refractivity contribution is 7.99. The Labute approximate surface area is 69.1 Å². The highest BCUT2D eigenvalue weighted by Gasteiger charge is 1.70. The summed E-state index contributed by atoms with van der Waals surface area (Å²) < 4.78 is 3.82. The largest absolute Gasteiger partial charge is 0.691 e.